The van der Waals surface area contributed by atoms with Crippen LogP contribution in [0.3, 0.4) is 0 Å². The summed E-state index contributed by atoms with van der Waals surface area (Å²) in [5, 5.41) is 4.22. The number of fused-ring (bicyclic) bond motifs is 1. The molecule has 0 atom stereocenters. The van der Waals surface area contributed by atoms with E-state index in [1.54, 1.807) is 11.3 Å². The average molecular weight is 541 g/mol. The molecule has 0 radical (unpaired) electrons. The number of nitrogens with zero attached hydrogens (tertiary/aromatic N) is 4. The molecule has 5 nitrogen and oxygen atoms in total. The topological polar surface area (TPSA) is 59.0 Å². The van der Waals surface area contributed by atoms with E-state index in [9.17, 15) is 4.79 Å². The number of hydrogen-bond donors (Lipinski definition) is 0. The number of piperidine rings is 1. The van der Waals surface area contributed by atoms with Crippen LogP contribution in [0, 0.1) is 0 Å². The van der Waals surface area contributed by atoms with Gasteiger partial charge in [0.2, 0.25) is 0 Å². The molecule has 1 aliphatic heterocycles. The van der Waals surface area contributed by atoms with Crippen LogP contribution in [0.15, 0.2) is 34.9 Å². The molecule has 3 heterocycles. The van der Waals surface area contributed by atoms with Gasteiger partial charge in [-0.15, -0.1) is 11.3 Å². The van der Waals surface area contributed by atoms with Gasteiger partial charge in [-0.25, -0.2) is 15.0 Å². The predicted molar refractivity (Wildman–Crippen MR) is 150 cm³/mol. The minimum Gasteiger partial charge on any atom is -0.337 e. The number of halogens is 1. The Bertz CT molecular complexity index is 1290. The smallest absolute Gasteiger partial charge is 0.274 e. The van der Waals surface area contributed by atoms with Gasteiger partial charge in [0.1, 0.15) is 0 Å². The number of thiazole rings is 1. The van der Waals surface area contributed by atoms with Crippen molar-refractivity contribution in [3.63, 3.8) is 0 Å². The van der Waals surface area contributed by atoms with E-state index in [0.29, 0.717) is 34.9 Å². The second-order valence-corrected chi connectivity index (χ2v) is 13.3. The summed E-state index contributed by atoms with van der Waals surface area (Å²) < 4.78 is 0. The first-order valence-corrected chi connectivity index (χ1v) is 15.0. The number of thioether (sulfide) groups is 1. The van der Waals surface area contributed by atoms with Crippen LogP contribution in [0.5, 0.6) is 0 Å². The Balaban J connectivity index is 1.30. The number of benzene rings is 1. The van der Waals surface area contributed by atoms with Crippen LogP contribution in [-0.4, -0.2) is 45.1 Å². The predicted octanol–water partition coefficient (Wildman–Crippen LogP) is 7.34. The Kier molecular flexibility index (Phi) is 6.94. The highest BCUT2D eigenvalue weighted by Gasteiger charge is 2.37. The van der Waals surface area contributed by atoms with Gasteiger partial charge in [-0.3, -0.25) is 4.79 Å². The van der Waals surface area contributed by atoms with Crippen LogP contribution >= 0.6 is 34.7 Å². The van der Waals surface area contributed by atoms with Crippen molar-refractivity contribution in [3.8, 4) is 11.3 Å². The maximum absolute atomic E-state index is 13.1. The summed E-state index contributed by atoms with van der Waals surface area (Å²) in [6, 6.07) is 6.95. The first-order chi connectivity index (χ1) is 17.1. The molecular weight excluding hydrogens is 508 g/mol. The van der Waals surface area contributed by atoms with E-state index in [1.165, 1.54) is 52.5 Å². The zero-order valence-electron chi connectivity index (χ0n) is 21.6. The summed E-state index contributed by atoms with van der Waals surface area (Å²) in [6.45, 7) is 10.8. The molecule has 2 aromatic heterocycles. The maximum atomic E-state index is 13.1. The molecular formula is C28H33ClN4OS2. The molecule has 36 heavy (non-hydrogen) atoms. The van der Waals surface area contributed by atoms with Gasteiger partial charge in [0.25, 0.3) is 5.91 Å². The van der Waals surface area contributed by atoms with E-state index in [1.807, 2.05) is 11.2 Å². The van der Waals surface area contributed by atoms with E-state index >= 15 is 0 Å². The lowest BCUT2D eigenvalue weighted by atomic mass is 9.63. The summed E-state index contributed by atoms with van der Waals surface area (Å²) in [5.74, 6) is 0.249. The number of aromatic nitrogens is 3. The third-order valence-corrected chi connectivity index (χ3v) is 9.75. The molecule has 1 aromatic carbocycles. The van der Waals surface area contributed by atoms with Crippen molar-refractivity contribution in [1.82, 2.24) is 19.9 Å². The van der Waals surface area contributed by atoms with Crippen molar-refractivity contribution in [2.45, 2.75) is 75.3 Å². The lowest BCUT2D eigenvalue weighted by molar-refractivity contribution is 0.0706. The fourth-order valence-electron chi connectivity index (χ4n) is 5.43. The highest BCUT2D eigenvalue weighted by molar-refractivity contribution is 7.98. The molecule has 190 valence electrons. The standard InChI is InChI=1S/C28H33ClN4OS2/c1-27(2)10-11-28(3,4)20-14-18(6-7-19(20)27)22-16-36-24(31-22)17-8-12-33(13-9-17)25(34)23-21(29)15-30-26(32-23)35-5/h6-7,14-17H,8-13H2,1-5H3. The number of likely N-dealkylation sites (tertiary alicyclic amines) is 1. The van der Waals surface area contributed by atoms with Crippen molar-refractivity contribution < 1.29 is 4.79 Å². The van der Waals surface area contributed by atoms with Crippen LogP contribution in [-0.2, 0) is 10.8 Å². The monoisotopic (exact) mass is 540 g/mol. The SMILES string of the molecule is CSc1ncc(Cl)c(C(=O)N2CCC(c3nc(-c4ccc5c(c4)C(C)(C)CCC5(C)C)cs3)CC2)n1. The van der Waals surface area contributed by atoms with E-state index in [4.69, 9.17) is 16.6 Å². The van der Waals surface area contributed by atoms with Crippen LogP contribution < -0.4 is 0 Å². The molecule has 0 bridgehead atoms. The Morgan fingerprint density at radius 2 is 1.78 bits per heavy atom. The fraction of sp³-hybridized carbons (Fsp3) is 0.500. The molecule has 1 fully saturated rings. The van der Waals surface area contributed by atoms with Gasteiger partial charge >= 0.3 is 0 Å². The van der Waals surface area contributed by atoms with Crippen LogP contribution in [0.1, 0.15) is 85.9 Å². The Morgan fingerprint density at radius 3 is 2.47 bits per heavy atom. The minimum atomic E-state index is -0.115. The van der Waals surface area contributed by atoms with Gasteiger partial charge in [0.15, 0.2) is 10.9 Å². The minimum absolute atomic E-state index is 0.115. The second kappa shape index (κ2) is 9.73. The van der Waals surface area contributed by atoms with Crippen LogP contribution in [0.25, 0.3) is 11.3 Å². The number of hydrogen-bond acceptors (Lipinski definition) is 6. The van der Waals surface area contributed by atoms with Gasteiger partial charge in [0, 0.05) is 30.0 Å². The Hall–Kier alpha value is -1.96. The number of amides is 1. The maximum Gasteiger partial charge on any atom is 0.274 e. The Morgan fingerprint density at radius 1 is 1.08 bits per heavy atom. The van der Waals surface area contributed by atoms with Gasteiger partial charge in [-0.2, -0.15) is 0 Å². The number of carbonyl (C=O) groups excluding carboxylic acids is 1. The average Bonchev–Trinajstić information content (AvgIpc) is 3.37. The van der Waals surface area contributed by atoms with Crippen molar-refractivity contribution in [2.24, 2.45) is 0 Å². The van der Waals surface area contributed by atoms with Crippen LogP contribution in [0.4, 0.5) is 0 Å². The number of rotatable bonds is 4. The summed E-state index contributed by atoms with van der Waals surface area (Å²) in [7, 11) is 0. The second-order valence-electron chi connectivity index (χ2n) is 11.2. The summed E-state index contributed by atoms with van der Waals surface area (Å²) in [5.41, 5.74) is 5.90. The molecule has 2 aliphatic rings. The zero-order chi connectivity index (χ0) is 25.7. The summed E-state index contributed by atoms with van der Waals surface area (Å²) >= 11 is 9.38. The van der Waals surface area contributed by atoms with Crippen molar-refractivity contribution in [1.29, 1.82) is 0 Å². The molecule has 0 N–H and O–H groups in total. The molecule has 5 rings (SSSR count). The zero-order valence-corrected chi connectivity index (χ0v) is 24.0. The van der Waals surface area contributed by atoms with E-state index in [2.05, 4.69) is 61.2 Å². The molecule has 1 saturated heterocycles. The highest BCUT2D eigenvalue weighted by Crippen LogP contribution is 2.47. The first-order valence-electron chi connectivity index (χ1n) is 12.6. The highest BCUT2D eigenvalue weighted by atomic mass is 35.5. The summed E-state index contributed by atoms with van der Waals surface area (Å²) in [4.78, 5) is 28.5. The van der Waals surface area contributed by atoms with E-state index in [-0.39, 0.29) is 16.7 Å². The molecule has 3 aromatic rings. The molecule has 1 aliphatic carbocycles. The largest absolute Gasteiger partial charge is 0.337 e. The number of carbonyl (C=O) groups is 1. The quantitative estimate of drug-likeness (QED) is 0.256. The van der Waals surface area contributed by atoms with Crippen LogP contribution in [0.2, 0.25) is 5.02 Å². The fourth-order valence-corrected chi connectivity index (χ4v) is 6.95. The van der Waals surface area contributed by atoms with Gasteiger partial charge in [-0.1, -0.05) is 63.2 Å². The molecule has 0 unspecified atom stereocenters. The van der Waals surface area contributed by atoms with Gasteiger partial charge in [0.05, 0.1) is 21.9 Å². The third kappa shape index (κ3) is 4.82. The lowest BCUT2D eigenvalue weighted by Crippen LogP contribution is -2.38. The molecule has 0 saturated carbocycles. The Labute approximate surface area is 227 Å². The van der Waals surface area contributed by atoms with Gasteiger partial charge in [-0.05, 0) is 60.0 Å². The molecule has 8 heteroatoms. The first kappa shape index (κ1) is 25.7. The van der Waals surface area contributed by atoms with Crippen molar-refractivity contribution in [2.75, 3.05) is 19.3 Å². The normalized spacial score (nSPS) is 19.2. The van der Waals surface area contributed by atoms with E-state index in [0.717, 1.165) is 18.5 Å². The lowest BCUT2D eigenvalue weighted by Gasteiger charge is -2.42. The third-order valence-electron chi connectivity index (χ3n) is 7.91. The van der Waals surface area contributed by atoms with Crippen molar-refractivity contribution >= 4 is 40.6 Å². The summed E-state index contributed by atoms with van der Waals surface area (Å²) in [6.07, 6.45) is 7.60. The van der Waals surface area contributed by atoms with Crippen molar-refractivity contribution in [3.05, 3.63) is 56.6 Å². The molecule has 1 amide bonds. The van der Waals surface area contributed by atoms with E-state index < -0.39 is 0 Å². The van der Waals surface area contributed by atoms with Gasteiger partial charge < -0.3 is 4.90 Å². The molecule has 0 spiro atoms.